The fourth-order valence-electron chi connectivity index (χ4n) is 11.0. The minimum absolute atomic E-state index is 0.0126. The lowest BCUT2D eigenvalue weighted by Gasteiger charge is -2.59. The second kappa shape index (κ2) is 28.1. The van der Waals surface area contributed by atoms with Crippen molar-refractivity contribution in [1.29, 1.82) is 0 Å². The van der Waals surface area contributed by atoms with E-state index in [-0.39, 0.29) is 56.3 Å². The van der Waals surface area contributed by atoms with Crippen molar-refractivity contribution in [3.8, 4) is 17.2 Å². The highest BCUT2D eigenvalue weighted by molar-refractivity contribution is 6.03. The molecule has 3 aromatic rings. The van der Waals surface area contributed by atoms with Gasteiger partial charge in [0, 0.05) is 49.8 Å². The summed E-state index contributed by atoms with van der Waals surface area (Å²) in [6.45, 7) is 13.5. The lowest BCUT2D eigenvalue weighted by molar-refractivity contribution is -0.384. The number of amides is 1. The molecule has 1 heterocycles. The summed E-state index contributed by atoms with van der Waals surface area (Å²) in [6, 6.07) is 17.6. The van der Waals surface area contributed by atoms with Gasteiger partial charge in [0.2, 0.25) is 5.79 Å². The lowest BCUT2D eigenvalue weighted by atomic mass is 9.55. The van der Waals surface area contributed by atoms with E-state index in [1.165, 1.54) is 62.6 Å². The topological polar surface area (TPSA) is 162 Å². The molecule has 1 aliphatic heterocycles. The van der Waals surface area contributed by atoms with E-state index in [0.717, 1.165) is 67.4 Å². The van der Waals surface area contributed by atoms with E-state index in [0.29, 0.717) is 55.2 Å². The number of allylic oxidation sites excluding steroid dienone is 1. The van der Waals surface area contributed by atoms with Gasteiger partial charge in [-0.2, -0.15) is 0 Å². The molecule has 6 atom stereocenters. The highest BCUT2D eigenvalue weighted by Crippen LogP contribution is 2.62. The van der Waals surface area contributed by atoms with Gasteiger partial charge in [-0.3, -0.25) is 15.0 Å². The number of aryl methyl sites for hydroxylation is 2. The molecule has 1 amide bonds. The molecule has 13 heteroatoms. The first-order valence-electron chi connectivity index (χ1n) is 26.7. The second-order valence-corrected chi connectivity index (χ2v) is 19.8. The maximum Gasteiger partial charge on any atom is 0.410 e. The average Bonchev–Trinajstić information content (AvgIpc) is 3.37. The quantitative estimate of drug-likeness (QED) is 0.0275. The summed E-state index contributed by atoms with van der Waals surface area (Å²) in [5.41, 5.74) is 5.52. The first kappa shape index (κ1) is 55.1. The molecule has 1 fully saturated rings. The Morgan fingerprint density at radius 2 is 1.54 bits per heavy atom. The third-order valence-electron chi connectivity index (χ3n) is 14.7. The molecule has 3 aliphatic rings. The molecule has 3 aromatic carbocycles. The zero-order valence-corrected chi connectivity index (χ0v) is 43.0. The summed E-state index contributed by atoms with van der Waals surface area (Å²) in [6.07, 6.45) is 20.7. The Balaban J connectivity index is 1.44. The number of oxime groups is 1. The van der Waals surface area contributed by atoms with E-state index >= 15 is 0 Å². The number of hydrogen-bond donors (Lipinski definition) is 2. The molecular weight excluding hydrogens is 899 g/mol. The van der Waals surface area contributed by atoms with Gasteiger partial charge < -0.3 is 34.0 Å². The van der Waals surface area contributed by atoms with Crippen molar-refractivity contribution in [1.82, 2.24) is 4.90 Å². The van der Waals surface area contributed by atoms with Crippen LogP contribution < -0.4 is 9.47 Å². The standard InChI is InChI=1S/C58H81N3O10/c1-6-9-10-11-12-13-14-15-16-21-36-67-57(64)60(32-7-2)54-40-52(59-69-41-44-25-27-46(28-26-44)61(65)66)50-38-45(22-17-19-33-62)49(23-18-20-34-63)55-51-39-48(70-47-29-24-42(4)43(5)37-47)30-31-53(51)71-58(54,56(50)55)68-35-8-3/h8,24-31,37-39,45,49,54-56,62-63H,3,6-7,9-23,32-36,40-41H2,1-2,4-5H3/t45-,49+,54-,55+,56+,58+/m0/s1. The fourth-order valence-corrected chi connectivity index (χ4v) is 11.0. The minimum atomic E-state index is -1.43. The predicted molar refractivity (Wildman–Crippen MR) is 279 cm³/mol. The van der Waals surface area contributed by atoms with Crippen molar-refractivity contribution in [2.24, 2.45) is 22.9 Å². The molecule has 0 spiro atoms. The Morgan fingerprint density at radius 3 is 2.20 bits per heavy atom. The van der Waals surface area contributed by atoms with E-state index in [1.54, 1.807) is 23.1 Å². The number of carbonyl (C=O) groups is 1. The maximum absolute atomic E-state index is 14.7. The van der Waals surface area contributed by atoms with Gasteiger partial charge in [0.05, 0.1) is 29.8 Å². The summed E-state index contributed by atoms with van der Waals surface area (Å²) in [5, 5.41) is 36.4. The fraction of sp³-hybridized carbons (Fsp3) is 0.586. The van der Waals surface area contributed by atoms with E-state index in [2.05, 4.69) is 45.6 Å². The molecule has 71 heavy (non-hydrogen) atoms. The highest BCUT2D eigenvalue weighted by Gasteiger charge is 2.65. The molecule has 0 aromatic heterocycles. The Hall–Kier alpha value is -5.24. The summed E-state index contributed by atoms with van der Waals surface area (Å²) >= 11 is 0. The molecular formula is C58H81N3O10. The number of hydrogen-bond acceptors (Lipinski definition) is 11. The van der Waals surface area contributed by atoms with Crippen molar-refractivity contribution in [3.05, 3.63) is 117 Å². The Morgan fingerprint density at radius 1 is 0.859 bits per heavy atom. The van der Waals surface area contributed by atoms with Gasteiger partial charge >= 0.3 is 6.09 Å². The van der Waals surface area contributed by atoms with Crippen LogP contribution in [0.1, 0.15) is 158 Å². The van der Waals surface area contributed by atoms with Gasteiger partial charge in [-0.15, -0.1) is 6.58 Å². The van der Waals surface area contributed by atoms with Gasteiger partial charge in [0.25, 0.3) is 5.69 Å². The van der Waals surface area contributed by atoms with E-state index < -0.39 is 28.8 Å². The second-order valence-electron chi connectivity index (χ2n) is 19.8. The van der Waals surface area contributed by atoms with Crippen LogP contribution in [0.3, 0.4) is 0 Å². The number of aliphatic hydroxyl groups is 2. The normalized spacial score (nSPS) is 21.6. The average molecular weight is 980 g/mol. The summed E-state index contributed by atoms with van der Waals surface area (Å²) in [7, 11) is 0. The zero-order valence-electron chi connectivity index (χ0n) is 43.0. The molecule has 388 valence electrons. The van der Waals surface area contributed by atoms with E-state index in [4.69, 9.17) is 28.9 Å². The first-order valence-corrected chi connectivity index (χ1v) is 26.7. The van der Waals surface area contributed by atoms with E-state index in [1.807, 2.05) is 31.2 Å². The molecule has 13 nitrogen and oxygen atoms in total. The molecule has 0 saturated heterocycles. The van der Waals surface area contributed by atoms with Crippen LogP contribution in [0.15, 0.2) is 90.1 Å². The number of carbonyl (C=O) groups excluding carboxylic acids is 1. The van der Waals surface area contributed by atoms with Crippen LogP contribution in [-0.2, 0) is 20.9 Å². The molecule has 0 radical (unpaired) electrons. The molecule has 0 bridgehead atoms. The molecule has 1 saturated carbocycles. The van der Waals surface area contributed by atoms with Crippen LogP contribution in [0.25, 0.3) is 0 Å². The Bertz CT molecular complexity index is 2230. The third-order valence-corrected chi connectivity index (χ3v) is 14.7. The van der Waals surface area contributed by atoms with Crippen LogP contribution >= 0.6 is 0 Å². The third kappa shape index (κ3) is 14.5. The number of unbranched alkanes of at least 4 members (excludes halogenated alkanes) is 11. The summed E-state index contributed by atoms with van der Waals surface area (Å²) in [5.74, 6) is -0.0752. The highest BCUT2D eigenvalue weighted by atomic mass is 16.7. The minimum Gasteiger partial charge on any atom is -0.459 e. The van der Waals surface area contributed by atoms with Crippen LogP contribution in [0.4, 0.5) is 10.5 Å². The molecule has 2 N–H and O–H groups in total. The number of non-ortho nitro benzene ring substituents is 1. The number of aliphatic hydroxyl groups excluding tert-OH is 2. The number of benzene rings is 3. The summed E-state index contributed by atoms with van der Waals surface area (Å²) in [4.78, 5) is 33.7. The SMILES string of the molecule is C=CCO[C@@]12Oc3ccc(Oc4ccc(C)c(C)c4)cc3[C@H]3[C@H](CCCCO)[C@@H](CCCCO)C=C(C(=NOCc4ccc([N+](=O)[O-])cc4)C[C@@H]1N(CCC)C(=O)OCCCCCCCCCCCC)[C@H]32. The molecule has 6 rings (SSSR count). The number of nitro groups is 1. The van der Waals surface area contributed by atoms with Gasteiger partial charge in [-0.05, 0) is 129 Å². The predicted octanol–water partition coefficient (Wildman–Crippen LogP) is 13.6. The van der Waals surface area contributed by atoms with Gasteiger partial charge in [-0.1, -0.05) is 108 Å². The molecule has 0 unspecified atom stereocenters. The number of rotatable bonds is 31. The first-order chi connectivity index (χ1) is 34.6. The van der Waals surface area contributed by atoms with Crippen LogP contribution in [-0.4, -0.2) is 76.6 Å². The van der Waals surface area contributed by atoms with Crippen molar-refractivity contribution in [3.63, 3.8) is 0 Å². The van der Waals surface area contributed by atoms with Gasteiger partial charge in [0.15, 0.2) is 0 Å². The van der Waals surface area contributed by atoms with Crippen molar-refractivity contribution in [2.45, 2.75) is 168 Å². The van der Waals surface area contributed by atoms with Gasteiger partial charge in [-0.25, -0.2) is 4.79 Å². The van der Waals surface area contributed by atoms with Crippen LogP contribution in [0, 0.1) is 41.7 Å². The van der Waals surface area contributed by atoms with Crippen molar-refractivity contribution in [2.75, 3.05) is 33.0 Å². The number of nitrogens with zero attached hydrogens (tertiary/aromatic N) is 3. The number of ether oxygens (including phenoxy) is 4. The number of nitro benzene ring substituents is 1. The number of fused-ring (bicyclic) bond motifs is 2. The van der Waals surface area contributed by atoms with E-state index in [9.17, 15) is 25.1 Å². The summed E-state index contributed by atoms with van der Waals surface area (Å²) < 4.78 is 27.4. The van der Waals surface area contributed by atoms with Crippen molar-refractivity contribution >= 4 is 17.5 Å². The largest absolute Gasteiger partial charge is 0.459 e. The maximum atomic E-state index is 14.7. The Labute approximate surface area is 422 Å². The lowest BCUT2D eigenvalue weighted by Crippen LogP contribution is -2.70. The Kier molecular flexibility index (Phi) is 21.8. The smallest absolute Gasteiger partial charge is 0.410 e. The zero-order chi connectivity index (χ0) is 50.6. The monoisotopic (exact) mass is 980 g/mol. The van der Waals surface area contributed by atoms with Gasteiger partial charge in [0.1, 0.15) is 29.9 Å². The van der Waals surface area contributed by atoms with Crippen LogP contribution in [0.5, 0.6) is 17.2 Å². The van der Waals surface area contributed by atoms with Crippen LogP contribution in [0.2, 0.25) is 0 Å². The molecule has 2 aliphatic carbocycles. The van der Waals surface area contributed by atoms with Crippen molar-refractivity contribution < 1.29 is 43.7 Å².